The molecule has 1 aliphatic heterocycles. The van der Waals surface area contributed by atoms with E-state index in [1.54, 1.807) is 0 Å². The number of carbonyl (C=O) groups excluding carboxylic acids is 1. The molecule has 0 saturated carbocycles. The van der Waals surface area contributed by atoms with Crippen LogP contribution in [0.3, 0.4) is 0 Å². The molecule has 1 atom stereocenters. The highest BCUT2D eigenvalue weighted by molar-refractivity contribution is 9.10. The van der Waals surface area contributed by atoms with E-state index in [0.29, 0.717) is 13.2 Å². The highest BCUT2D eigenvalue weighted by Crippen LogP contribution is 2.21. The summed E-state index contributed by atoms with van der Waals surface area (Å²) in [5.74, 6) is -0.0354. The van der Waals surface area contributed by atoms with Gasteiger partial charge in [0.15, 0.2) is 0 Å². The van der Waals surface area contributed by atoms with Crippen LogP contribution in [0.15, 0.2) is 22.7 Å². The van der Waals surface area contributed by atoms with Crippen molar-refractivity contribution in [1.82, 2.24) is 5.32 Å². The average Bonchev–Trinajstić information content (AvgIpc) is 2.41. The zero-order chi connectivity index (χ0) is 13.0. The number of nitrogens with one attached hydrogen (secondary N) is 2. The normalized spacial score (nSPS) is 19.6. The van der Waals surface area contributed by atoms with Crippen LogP contribution in [-0.2, 0) is 16.0 Å². The first-order valence-corrected chi connectivity index (χ1v) is 6.90. The Labute approximate surface area is 115 Å². The second-order valence-corrected chi connectivity index (χ2v) is 5.14. The maximum absolute atomic E-state index is 12.1. The van der Waals surface area contributed by atoms with Crippen molar-refractivity contribution in [3.63, 3.8) is 0 Å². The monoisotopic (exact) mass is 312 g/mol. The van der Waals surface area contributed by atoms with Crippen molar-refractivity contribution in [3.05, 3.63) is 28.2 Å². The largest absolute Gasteiger partial charge is 0.378 e. The zero-order valence-corrected chi connectivity index (χ0v) is 11.9. The number of amides is 1. The molecule has 1 aliphatic rings. The van der Waals surface area contributed by atoms with Gasteiger partial charge >= 0.3 is 0 Å². The van der Waals surface area contributed by atoms with Gasteiger partial charge in [0.05, 0.1) is 13.2 Å². The minimum atomic E-state index is -0.257. The number of benzene rings is 1. The topological polar surface area (TPSA) is 50.4 Å². The van der Waals surface area contributed by atoms with E-state index in [2.05, 4.69) is 33.5 Å². The molecule has 1 saturated heterocycles. The van der Waals surface area contributed by atoms with Crippen LogP contribution >= 0.6 is 15.9 Å². The number of carbonyl (C=O) groups is 1. The molecular formula is C13H17BrN2O2. The van der Waals surface area contributed by atoms with E-state index < -0.39 is 0 Å². The summed E-state index contributed by atoms with van der Waals surface area (Å²) in [6.45, 7) is 3.89. The van der Waals surface area contributed by atoms with E-state index in [9.17, 15) is 4.79 Å². The molecule has 98 valence electrons. The van der Waals surface area contributed by atoms with Crippen molar-refractivity contribution >= 4 is 27.5 Å². The summed E-state index contributed by atoms with van der Waals surface area (Å²) < 4.78 is 6.31. The van der Waals surface area contributed by atoms with Gasteiger partial charge in [0.25, 0.3) is 0 Å². The Kier molecular flexibility index (Phi) is 4.74. The summed E-state index contributed by atoms with van der Waals surface area (Å²) in [5.41, 5.74) is 1.99. The Bertz CT molecular complexity index is 431. The summed E-state index contributed by atoms with van der Waals surface area (Å²) in [6, 6.07) is 5.62. The lowest BCUT2D eigenvalue weighted by molar-refractivity contribution is -0.120. The quantitative estimate of drug-likeness (QED) is 0.897. The number of hydrogen-bond acceptors (Lipinski definition) is 3. The summed E-state index contributed by atoms with van der Waals surface area (Å²) in [7, 11) is 0. The van der Waals surface area contributed by atoms with Crippen LogP contribution in [0.5, 0.6) is 0 Å². The first-order valence-electron chi connectivity index (χ1n) is 6.11. The lowest BCUT2D eigenvalue weighted by atomic mass is 10.1. The molecule has 18 heavy (non-hydrogen) atoms. The Balaban J connectivity index is 2.06. The molecule has 0 aromatic heterocycles. The second-order valence-electron chi connectivity index (χ2n) is 4.23. The molecule has 0 bridgehead atoms. The lowest BCUT2D eigenvalue weighted by Gasteiger charge is -2.23. The molecule has 1 aromatic rings. The summed E-state index contributed by atoms with van der Waals surface area (Å²) in [4.78, 5) is 12.1. The standard InChI is InChI=1S/C13H17BrN2O2/c1-2-9-7-10(14)3-4-11(9)16-13(17)12-8-18-6-5-15-12/h3-4,7,12,15H,2,5-6,8H2,1H3,(H,16,17). The molecule has 5 heteroatoms. The number of ether oxygens (including phenoxy) is 1. The van der Waals surface area contributed by atoms with Crippen LogP contribution in [0.4, 0.5) is 5.69 Å². The maximum Gasteiger partial charge on any atom is 0.243 e. The minimum absolute atomic E-state index is 0.0354. The van der Waals surface area contributed by atoms with Crippen molar-refractivity contribution < 1.29 is 9.53 Å². The van der Waals surface area contributed by atoms with Gasteiger partial charge < -0.3 is 15.4 Å². The fourth-order valence-electron chi connectivity index (χ4n) is 1.93. The van der Waals surface area contributed by atoms with E-state index in [1.165, 1.54) is 0 Å². The Morgan fingerprint density at radius 3 is 3.11 bits per heavy atom. The molecule has 1 amide bonds. The van der Waals surface area contributed by atoms with Crippen LogP contribution in [0, 0.1) is 0 Å². The molecule has 1 fully saturated rings. The van der Waals surface area contributed by atoms with E-state index in [0.717, 1.165) is 28.7 Å². The molecule has 0 radical (unpaired) electrons. The van der Waals surface area contributed by atoms with Crippen molar-refractivity contribution in [1.29, 1.82) is 0 Å². The Morgan fingerprint density at radius 1 is 1.61 bits per heavy atom. The van der Waals surface area contributed by atoms with Crippen molar-refractivity contribution in [2.75, 3.05) is 25.1 Å². The molecule has 1 aromatic carbocycles. The van der Waals surface area contributed by atoms with Gasteiger partial charge in [0.2, 0.25) is 5.91 Å². The van der Waals surface area contributed by atoms with Crippen LogP contribution in [0.25, 0.3) is 0 Å². The molecule has 2 rings (SSSR count). The van der Waals surface area contributed by atoms with Gasteiger partial charge in [0, 0.05) is 16.7 Å². The van der Waals surface area contributed by atoms with E-state index in [4.69, 9.17) is 4.74 Å². The third-order valence-corrected chi connectivity index (χ3v) is 3.44. The molecule has 2 N–H and O–H groups in total. The molecule has 1 unspecified atom stereocenters. The third-order valence-electron chi connectivity index (χ3n) is 2.94. The van der Waals surface area contributed by atoms with E-state index in [1.807, 2.05) is 18.2 Å². The second kappa shape index (κ2) is 6.31. The van der Waals surface area contributed by atoms with Gasteiger partial charge in [0.1, 0.15) is 6.04 Å². The van der Waals surface area contributed by atoms with Gasteiger partial charge in [-0.2, -0.15) is 0 Å². The van der Waals surface area contributed by atoms with Gasteiger partial charge in [-0.1, -0.05) is 22.9 Å². The predicted octanol–water partition coefficient (Wildman–Crippen LogP) is 1.94. The number of morpholine rings is 1. The van der Waals surface area contributed by atoms with Crippen LogP contribution in [-0.4, -0.2) is 31.7 Å². The number of hydrogen-bond donors (Lipinski definition) is 2. The minimum Gasteiger partial charge on any atom is -0.378 e. The number of aryl methyl sites for hydroxylation is 1. The molecule has 4 nitrogen and oxygen atoms in total. The number of halogens is 1. The van der Waals surface area contributed by atoms with Crippen molar-refractivity contribution in [3.8, 4) is 0 Å². The molecule has 0 aliphatic carbocycles. The molecule has 0 spiro atoms. The summed E-state index contributed by atoms with van der Waals surface area (Å²) >= 11 is 3.43. The SMILES string of the molecule is CCc1cc(Br)ccc1NC(=O)C1COCCN1. The van der Waals surface area contributed by atoms with Crippen LogP contribution in [0.2, 0.25) is 0 Å². The first kappa shape index (κ1) is 13.5. The summed E-state index contributed by atoms with van der Waals surface area (Å²) in [6.07, 6.45) is 0.879. The molecular weight excluding hydrogens is 296 g/mol. The highest BCUT2D eigenvalue weighted by Gasteiger charge is 2.21. The van der Waals surface area contributed by atoms with E-state index in [-0.39, 0.29) is 11.9 Å². The van der Waals surface area contributed by atoms with Gasteiger partial charge in [-0.25, -0.2) is 0 Å². The first-order chi connectivity index (χ1) is 8.70. The third kappa shape index (κ3) is 3.31. The van der Waals surface area contributed by atoms with Crippen LogP contribution < -0.4 is 10.6 Å². The summed E-state index contributed by atoms with van der Waals surface area (Å²) in [5, 5.41) is 6.10. The average molecular weight is 313 g/mol. The smallest absolute Gasteiger partial charge is 0.243 e. The Morgan fingerprint density at radius 2 is 2.44 bits per heavy atom. The van der Waals surface area contributed by atoms with Gasteiger partial charge in [-0.3, -0.25) is 4.79 Å². The molecule has 1 heterocycles. The van der Waals surface area contributed by atoms with Crippen molar-refractivity contribution in [2.24, 2.45) is 0 Å². The fourth-order valence-corrected chi connectivity index (χ4v) is 2.34. The van der Waals surface area contributed by atoms with Gasteiger partial charge in [-0.05, 0) is 30.2 Å². The maximum atomic E-state index is 12.1. The van der Waals surface area contributed by atoms with E-state index >= 15 is 0 Å². The number of anilines is 1. The fraction of sp³-hybridized carbons (Fsp3) is 0.462. The Hall–Kier alpha value is -0.910. The highest BCUT2D eigenvalue weighted by atomic mass is 79.9. The predicted molar refractivity (Wildman–Crippen MR) is 74.8 cm³/mol. The lowest BCUT2D eigenvalue weighted by Crippen LogP contribution is -2.48. The van der Waals surface area contributed by atoms with Gasteiger partial charge in [-0.15, -0.1) is 0 Å². The number of rotatable bonds is 3. The van der Waals surface area contributed by atoms with Crippen LogP contribution in [0.1, 0.15) is 12.5 Å². The van der Waals surface area contributed by atoms with Crippen molar-refractivity contribution in [2.45, 2.75) is 19.4 Å². The zero-order valence-electron chi connectivity index (χ0n) is 10.3.